The normalized spacial score (nSPS) is 21.6. The highest BCUT2D eigenvalue weighted by molar-refractivity contribution is 5.34. The summed E-state index contributed by atoms with van der Waals surface area (Å²) in [5.41, 5.74) is 2.29. The summed E-state index contributed by atoms with van der Waals surface area (Å²) in [4.78, 5) is 0. The van der Waals surface area contributed by atoms with E-state index in [4.69, 9.17) is 4.74 Å². The van der Waals surface area contributed by atoms with E-state index in [2.05, 4.69) is 18.7 Å². The largest absolute Gasteiger partial charge is 0.490 e. The number of aliphatic hydroxyl groups is 1. The van der Waals surface area contributed by atoms with Crippen LogP contribution in [0.3, 0.4) is 0 Å². The molecule has 21 heavy (non-hydrogen) atoms. The minimum atomic E-state index is -0.368. The number of hydrogen-bond donors (Lipinski definition) is 1. The molecule has 2 heteroatoms. The molecule has 0 aliphatic heterocycles. The van der Waals surface area contributed by atoms with Crippen LogP contribution in [0.15, 0.2) is 67.3 Å². The average molecular weight is 280 g/mol. The third-order valence-electron chi connectivity index (χ3n) is 4.06. The van der Waals surface area contributed by atoms with Crippen molar-refractivity contribution in [2.75, 3.05) is 6.61 Å². The van der Waals surface area contributed by atoms with Crippen molar-refractivity contribution < 1.29 is 9.84 Å². The van der Waals surface area contributed by atoms with Gasteiger partial charge in [-0.25, -0.2) is 0 Å². The Kier molecular flexibility index (Phi) is 4.07. The molecule has 2 aromatic carbocycles. The van der Waals surface area contributed by atoms with Crippen LogP contribution in [0.1, 0.15) is 29.6 Å². The summed E-state index contributed by atoms with van der Waals surface area (Å²) < 4.78 is 5.49. The molecule has 2 aromatic rings. The fraction of sp³-hybridized carbons (Fsp3) is 0.263. The van der Waals surface area contributed by atoms with E-state index < -0.39 is 0 Å². The maximum Gasteiger partial charge on any atom is 0.119 e. The highest BCUT2D eigenvalue weighted by Crippen LogP contribution is 2.54. The molecule has 0 amide bonds. The van der Waals surface area contributed by atoms with Crippen molar-refractivity contribution in [2.45, 2.75) is 18.4 Å². The number of rotatable bonds is 6. The first-order valence-electron chi connectivity index (χ1n) is 7.36. The number of benzene rings is 2. The van der Waals surface area contributed by atoms with Gasteiger partial charge < -0.3 is 9.84 Å². The Balaban J connectivity index is 1.63. The molecule has 0 radical (unpaired) electrons. The van der Waals surface area contributed by atoms with Crippen molar-refractivity contribution in [3.63, 3.8) is 0 Å². The summed E-state index contributed by atoms with van der Waals surface area (Å²) >= 11 is 0. The fourth-order valence-electron chi connectivity index (χ4n) is 2.81. The monoisotopic (exact) mass is 280 g/mol. The van der Waals surface area contributed by atoms with Gasteiger partial charge in [-0.2, -0.15) is 0 Å². The molecule has 0 heterocycles. The molecule has 0 bridgehead atoms. The summed E-state index contributed by atoms with van der Waals surface area (Å²) in [6.07, 6.45) is 2.41. The van der Waals surface area contributed by atoms with Crippen molar-refractivity contribution in [3.05, 3.63) is 78.4 Å². The van der Waals surface area contributed by atoms with E-state index in [-0.39, 0.29) is 6.10 Å². The van der Waals surface area contributed by atoms with Gasteiger partial charge in [-0.05, 0) is 41.5 Å². The molecule has 1 aliphatic rings. The fourth-order valence-corrected chi connectivity index (χ4v) is 2.81. The van der Waals surface area contributed by atoms with Crippen LogP contribution >= 0.6 is 0 Å². The predicted molar refractivity (Wildman–Crippen MR) is 84.4 cm³/mol. The molecular formula is C19H20O2. The van der Waals surface area contributed by atoms with E-state index in [1.807, 2.05) is 42.5 Å². The standard InChI is InChI=1S/C19H20O2/c1-2-12-21-16-10-8-14(9-11-16)17-13-18(17)19(20)15-6-4-3-5-7-15/h2-11,17-20H,1,12-13H2/t17-,18+,19?/m0/s1. The minimum absolute atomic E-state index is 0.326. The molecule has 108 valence electrons. The highest BCUT2D eigenvalue weighted by Gasteiger charge is 2.43. The summed E-state index contributed by atoms with van der Waals surface area (Å²) in [6, 6.07) is 18.1. The molecule has 1 unspecified atom stereocenters. The third kappa shape index (κ3) is 3.17. The van der Waals surface area contributed by atoms with Gasteiger partial charge in [0.15, 0.2) is 0 Å². The Hall–Kier alpha value is -2.06. The van der Waals surface area contributed by atoms with Gasteiger partial charge in [-0.15, -0.1) is 0 Å². The third-order valence-corrected chi connectivity index (χ3v) is 4.06. The van der Waals surface area contributed by atoms with Crippen LogP contribution < -0.4 is 4.74 Å². The number of ether oxygens (including phenoxy) is 1. The van der Waals surface area contributed by atoms with E-state index in [1.54, 1.807) is 6.08 Å². The van der Waals surface area contributed by atoms with Crippen molar-refractivity contribution in [1.82, 2.24) is 0 Å². The smallest absolute Gasteiger partial charge is 0.119 e. The first-order chi connectivity index (χ1) is 10.3. The molecule has 1 N–H and O–H groups in total. The lowest BCUT2D eigenvalue weighted by Gasteiger charge is -2.11. The minimum Gasteiger partial charge on any atom is -0.490 e. The van der Waals surface area contributed by atoms with E-state index in [1.165, 1.54) is 5.56 Å². The van der Waals surface area contributed by atoms with Crippen molar-refractivity contribution >= 4 is 0 Å². The molecule has 0 saturated heterocycles. The lowest BCUT2D eigenvalue weighted by molar-refractivity contribution is 0.151. The Labute approximate surface area is 125 Å². The molecule has 1 fully saturated rings. The Bertz CT molecular complexity index is 589. The van der Waals surface area contributed by atoms with Gasteiger partial charge in [-0.3, -0.25) is 0 Å². The van der Waals surface area contributed by atoms with E-state index in [9.17, 15) is 5.11 Å². The van der Waals surface area contributed by atoms with Crippen molar-refractivity contribution in [2.24, 2.45) is 5.92 Å². The maximum atomic E-state index is 10.4. The topological polar surface area (TPSA) is 29.5 Å². The van der Waals surface area contributed by atoms with Crippen LogP contribution in [-0.4, -0.2) is 11.7 Å². The predicted octanol–water partition coefficient (Wildman–Crippen LogP) is 4.09. The van der Waals surface area contributed by atoms with Crippen LogP contribution in [0.25, 0.3) is 0 Å². The maximum absolute atomic E-state index is 10.4. The van der Waals surface area contributed by atoms with Crippen molar-refractivity contribution in [3.8, 4) is 5.75 Å². The van der Waals surface area contributed by atoms with Gasteiger partial charge in [0.1, 0.15) is 12.4 Å². The zero-order valence-electron chi connectivity index (χ0n) is 12.0. The van der Waals surface area contributed by atoms with Crippen LogP contribution in [0.4, 0.5) is 0 Å². The lowest BCUT2D eigenvalue weighted by Crippen LogP contribution is -2.01. The van der Waals surface area contributed by atoms with E-state index in [0.29, 0.717) is 18.4 Å². The molecule has 2 nitrogen and oxygen atoms in total. The molecule has 3 rings (SSSR count). The SMILES string of the molecule is C=CCOc1ccc([C@@H]2C[C@H]2C(O)c2ccccc2)cc1. The van der Waals surface area contributed by atoms with Crippen LogP contribution in [0, 0.1) is 5.92 Å². The summed E-state index contributed by atoms with van der Waals surface area (Å²) in [5, 5.41) is 10.4. The van der Waals surface area contributed by atoms with Crippen molar-refractivity contribution in [1.29, 1.82) is 0 Å². The Morgan fingerprint density at radius 1 is 1.14 bits per heavy atom. The first-order valence-corrected chi connectivity index (χ1v) is 7.36. The molecule has 1 aliphatic carbocycles. The van der Waals surface area contributed by atoms with Crippen LogP contribution in [-0.2, 0) is 0 Å². The van der Waals surface area contributed by atoms with Gasteiger partial charge >= 0.3 is 0 Å². The Morgan fingerprint density at radius 3 is 2.52 bits per heavy atom. The summed E-state index contributed by atoms with van der Waals surface area (Å²) in [5.74, 6) is 1.64. The second-order valence-electron chi connectivity index (χ2n) is 5.53. The molecule has 1 saturated carbocycles. The quantitative estimate of drug-likeness (QED) is 0.808. The summed E-state index contributed by atoms with van der Waals surface area (Å²) in [7, 11) is 0. The average Bonchev–Trinajstić information content (AvgIpc) is 3.34. The molecule has 3 atom stereocenters. The van der Waals surface area contributed by atoms with Crippen LogP contribution in [0.2, 0.25) is 0 Å². The summed E-state index contributed by atoms with van der Waals surface area (Å²) in [6.45, 7) is 4.16. The lowest BCUT2D eigenvalue weighted by atomic mass is 10.0. The second kappa shape index (κ2) is 6.15. The Morgan fingerprint density at radius 2 is 1.86 bits per heavy atom. The second-order valence-corrected chi connectivity index (χ2v) is 5.53. The highest BCUT2D eigenvalue weighted by atomic mass is 16.5. The zero-order valence-corrected chi connectivity index (χ0v) is 12.0. The zero-order chi connectivity index (χ0) is 14.7. The van der Waals surface area contributed by atoms with E-state index in [0.717, 1.165) is 17.7 Å². The first kappa shape index (κ1) is 13.9. The van der Waals surface area contributed by atoms with Gasteiger partial charge in [0.2, 0.25) is 0 Å². The molecule has 0 spiro atoms. The van der Waals surface area contributed by atoms with Gasteiger partial charge in [-0.1, -0.05) is 55.1 Å². The van der Waals surface area contributed by atoms with Gasteiger partial charge in [0.25, 0.3) is 0 Å². The molecule has 0 aromatic heterocycles. The van der Waals surface area contributed by atoms with Gasteiger partial charge in [0, 0.05) is 0 Å². The molecular weight excluding hydrogens is 260 g/mol. The van der Waals surface area contributed by atoms with E-state index >= 15 is 0 Å². The number of aliphatic hydroxyl groups excluding tert-OH is 1. The van der Waals surface area contributed by atoms with Gasteiger partial charge in [0.05, 0.1) is 6.10 Å². The van der Waals surface area contributed by atoms with Crippen LogP contribution in [0.5, 0.6) is 5.75 Å². The number of hydrogen-bond acceptors (Lipinski definition) is 2.